The summed E-state index contributed by atoms with van der Waals surface area (Å²) in [5.41, 5.74) is 0. The van der Waals surface area contributed by atoms with Crippen molar-refractivity contribution in [3.8, 4) is 0 Å². The molecule has 0 N–H and O–H groups in total. The minimum atomic E-state index is 0.762. The molecule has 0 heterocycles. The number of halogens is 1. The van der Waals surface area contributed by atoms with Crippen LogP contribution < -0.4 is 0 Å². The van der Waals surface area contributed by atoms with Crippen molar-refractivity contribution in [2.45, 2.75) is 4.90 Å². The largest absolute Gasteiger partial charge is 0.151 e. The molecule has 0 radical (unpaired) electrons. The fourth-order valence-electron chi connectivity index (χ4n) is 0.488. The van der Waals surface area contributed by atoms with Gasteiger partial charge in [-0.25, -0.2) is 0 Å². The Morgan fingerprint density at radius 3 is 2.50 bits per heavy atom. The molecule has 0 bridgehead atoms. The molecule has 0 amide bonds. The van der Waals surface area contributed by atoms with Crippen molar-refractivity contribution in [2.24, 2.45) is 0 Å². The van der Waals surface area contributed by atoms with Crippen LogP contribution in [0.25, 0.3) is 0 Å². The molecule has 0 atom stereocenters. The van der Waals surface area contributed by atoms with Gasteiger partial charge >= 0.3 is 0 Å². The molecule has 2 heteroatoms. The van der Waals surface area contributed by atoms with Crippen LogP contribution in [0.1, 0.15) is 0 Å². The first-order valence-corrected chi connectivity index (χ1v) is 3.14. The highest BCUT2D eigenvalue weighted by molar-refractivity contribution is 7.58. The summed E-state index contributed by atoms with van der Waals surface area (Å²) in [6, 6.07) is 7.51. The molecule has 1 aromatic rings. The standard InChI is InChI=1S/C6H5ClS/c7-5-2-1-3-6(8)4-5/h1-4,8H/p+1. The second-order valence-corrected chi connectivity index (χ2v) is 2.52. The average molecular weight is 146 g/mol. The van der Waals surface area contributed by atoms with E-state index in [0.717, 1.165) is 9.92 Å². The predicted octanol–water partition coefficient (Wildman–Crippen LogP) is 1.71. The fraction of sp³-hybridized carbons (Fsp3) is 0. The lowest BCUT2D eigenvalue weighted by atomic mass is 10.4. The smallest absolute Gasteiger partial charge is 0.0841 e. The maximum Gasteiger partial charge on any atom is 0.151 e. The van der Waals surface area contributed by atoms with Gasteiger partial charge in [0.1, 0.15) is 0 Å². The van der Waals surface area contributed by atoms with Crippen LogP contribution in [0.4, 0.5) is 0 Å². The number of hydrogen-bond acceptors (Lipinski definition) is 0. The zero-order chi connectivity index (χ0) is 5.98. The third-order valence-electron chi connectivity index (χ3n) is 0.825. The van der Waals surface area contributed by atoms with E-state index < -0.39 is 0 Å². The van der Waals surface area contributed by atoms with Gasteiger partial charge in [0.15, 0.2) is 4.90 Å². The van der Waals surface area contributed by atoms with Gasteiger partial charge in [0, 0.05) is 11.1 Å². The Morgan fingerprint density at radius 1 is 1.38 bits per heavy atom. The van der Waals surface area contributed by atoms with Crippen molar-refractivity contribution < 1.29 is 0 Å². The van der Waals surface area contributed by atoms with E-state index in [0.29, 0.717) is 0 Å². The molecule has 0 aliphatic rings. The third kappa shape index (κ3) is 1.42. The lowest BCUT2D eigenvalue weighted by Gasteiger charge is -1.83. The van der Waals surface area contributed by atoms with Crippen molar-refractivity contribution in [3.05, 3.63) is 29.3 Å². The highest BCUT2D eigenvalue weighted by Crippen LogP contribution is 2.08. The molecular formula is C6H6ClS+. The molecule has 8 heavy (non-hydrogen) atoms. The van der Waals surface area contributed by atoms with Crippen molar-refractivity contribution in [3.63, 3.8) is 0 Å². The Morgan fingerprint density at radius 2 is 2.12 bits per heavy atom. The normalized spacial score (nSPS) is 9.25. The van der Waals surface area contributed by atoms with Crippen molar-refractivity contribution in [2.75, 3.05) is 0 Å². The first kappa shape index (κ1) is 5.99. The van der Waals surface area contributed by atoms with E-state index >= 15 is 0 Å². The van der Waals surface area contributed by atoms with Crippen LogP contribution in [-0.2, 0) is 12.6 Å². The number of hydrogen-bond donors (Lipinski definition) is 0. The summed E-state index contributed by atoms with van der Waals surface area (Å²) < 4.78 is 0. The van der Waals surface area contributed by atoms with Gasteiger partial charge in [0.05, 0.1) is 0 Å². The molecule has 0 aliphatic carbocycles. The van der Waals surface area contributed by atoms with Gasteiger partial charge in [-0.3, -0.25) is 0 Å². The molecular weight excluding hydrogens is 140 g/mol. The van der Waals surface area contributed by atoms with E-state index in [9.17, 15) is 0 Å². The van der Waals surface area contributed by atoms with Gasteiger partial charge in [-0.15, -0.1) is 0 Å². The van der Waals surface area contributed by atoms with Gasteiger partial charge in [-0.1, -0.05) is 17.7 Å². The zero-order valence-electron chi connectivity index (χ0n) is 4.19. The third-order valence-corrected chi connectivity index (χ3v) is 1.37. The van der Waals surface area contributed by atoms with Crippen LogP contribution in [0, 0.1) is 0 Å². The van der Waals surface area contributed by atoms with Gasteiger partial charge in [0.2, 0.25) is 0 Å². The molecule has 1 rings (SSSR count). The highest BCUT2D eigenvalue weighted by Gasteiger charge is 1.89. The molecule has 0 spiro atoms. The minimum absolute atomic E-state index is 0.762. The van der Waals surface area contributed by atoms with E-state index in [-0.39, 0.29) is 0 Å². The summed E-state index contributed by atoms with van der Waals surface area (Å²) in [4.78, 5) is 1.01. The monoisotopic (exact) mass is 145 g/mol. The Kier molecular flexibility index (Phi) is 1.81. The first-order chi connectivity index (χ1) is 3.79. The maximum atomic E-state index is 5.61. The molecule has 0 aliphatic heterocycles. The Hall–Kier alpha value is -0.140. The van der Waals surface area contributed by atoms with Crippen LogP contribution in [-0.4, -0.2) is 0 Å². The van der Waals surface area contributed by atoms with Crippen LogP contribution in [0.2, 0.25) is 5.02 Å². The van der Waals surface area contributed by atoms with Gasteiger partial charge < -0.3 is 0 Å². The van der Waals surface area contributed by atoms with Crippen LogP contribution in [0.3, 0.4) is 0 Å². The van der Waals surface area contributed by atoms with Gasteiger partial charge in [-0.2, -0.15) is 0 Å². The topological polar surface area (TPSA) is 0 Å². The summed E-state index contributed by atoms with van der Waals surface area (Å²) in [5, 5.41) is 0.762. The van der Waals surface area contributed by atoms with Crippen LogP contribution >= 0.6 is 11.6 Å². The molecule has 0 fully saturated rings. The predicted molar refractivity (Wildman–Crippen MR) is 39.9 cm³/mol. The Balaban J connectivity index is 3.08. The van der Waals surface area contributed by atoms with E-state index in [2.05, 4.69) is 12.6 Å². The van der Waals surface area contributed by atoms with E-state index in [1.165, 1.54) is 0 Å². The maximum absolute atomic E-state index is 5.61. The molecule has 0 nitrogen and oxygen atoms in total. The molecule has 0 unspecified atom stereocenters. The first-order valence-electron chi connectivity index (χ1n) is 2.26. The lowest BCUT2D eigenvalue weighted by Crippen LogP contribution is -1.66. The number of rotatable bonds is 0. The molecule has 0 saturated heterocycles. The summed E-state index contributed by atoms with van der Waals surface area (Å²) in [7, 11) is 0. The summed E-state index contributed by atoms with van der Waals surface area (Å²) in [5.74, 6) is 0. The van der Waals surface area contributed by atoms with Gasteiger partial charge in [-0.05, 0) is 24.8 Å². The zero-order valence-corrected chi connectivity index (χ0v) is 5.94. The fourth-order valence-corrected chi connectivity index (χ4v) is 1.02. The van der Waals surface area contributed by atoms with Gasteiger partial charge in [0.25, 0.3) is 0 Å². The molecule has 1 aromatic carbocycles. The van der Waals surface area contributed by atoms with Crippen LogP contribution in [0.15, 0.2) is 29.2 Å². The van der Waals surface area contributed by atoms with Crippen LogP contribution in [0.5, 0.6) is 0 Å². The van der Waals surface area contributed by atoms with E-state index in [4.69, 9.17) is 11.6 Å². The second-order valence-electron chi connectivity index (χ2n) is 1.51. The Bertz CT molecular complexity index is 168. The highest BCUT2D eigenvalue weighted by atomic mass is 35.5. The summed E-state index contributed by atoms with van der Waals surface area (Å²) in [6.07, 6.45) is 0. The van der Waals surface area contributed by atoms with E-state index in [1.807, 2.05) is 24.3 Å². The summed E-state index contributed by atoms with van der Waals surface area (Å²) in [6.45, 7) is 0. The quantitative estimate of drug-likeness (QED) is 0.488. The molecule has 42 valence electrons. The molecule has 0 saturated carbocycles. The van der Waals surface area contributed by atoms with E-state index in [1.54, 1.807) is 0 Å². The Labute approximate surface area is 58.9 Å². The molecule has 0 aromatic heterocycles. The SMILES string of the molecule is [SH2+]c1cccc(Cl)c1. The summed E-state index contributed by atoms with van der Waals surface area (Å²) >= 11 is 8.94. The second kappa shape index (κ2) is 2.42. The minimum Gasteiger partial charge on any atom is -0.0841 e. The van der Waals surface area contributed by atoms with Crippen molar-refractivity contribution in [1.82, 2.24) is 0 Å². The van der Waals surface area contributed by atoms with Crippen molar-refractivity contribution in [1.29, 1.82) is 0 Å². The van der Waals surface area contributed by atoms with Crippen molar-refractivity contribution >= 4 is 24.2 Å². The number of benzene rings is 1. The lowest BCUT2D eigenvalue weighted by molar-refractivity contribution is 1.48. The average Bonchev–Trinajstić information content (AvgIpc) is 1.64.